The van der Waals surface area contributed by atoms with Crippen LogP contribution in [0.3, 0.4) is 0 Å². The van der Waals surface area contributed by atoms with Gasteiger partial charge in [-0.3, -0.25) is 9.48 Å². The third-order valence-corrected chi connectivity index (χ3v) is 5.70. The van der Waals surface area contributed by atoms with Gasteiger partial charge in [-0.1, -0.05) is 43.2 Å². The number of benzene rings is 2. The molecule has 5 nitrogen and oxygen atoms in total. The number of hydrogen-bond donors (Lipinski definition) is 1. The zero-order valence-electron chi connectivity index (χ0n) is 17.1. The number of nitrogens with one attached hydrogen (secondary N) is 1. The number of amides is 1. The lowest BCUT2D eigenvalue weighted by molar-refractivity contribution is -0.174. The number of carbonyl (C=O) groups is 1. The number of halogens is 3. The van der Waals surface area contributed by atoms with E-state index in [-0.39, 0.29) is 0 Å². The summed E-state index contributed by atoms with van der Waals surface area (Å²) in [6.45, 7) is 1.50. The monoisotopic (exact) mass is 431 g/mol. The van der Waals surface area contributed by atoms with Crippen molar-refractivity contribution in [2.24, 2.45) is 0 Å². The predicted octanol–water partition coefficient (Wildman–Crippen LogP) is 5.34. The van der Waals surface area contributed by atoms with E-state index in [9.17, 15) is 18.0 Å². The number of carbonyl (C=O) groups excluding carboxylic acids is 1. The molecule has 1 N–H and O–H groups in total. The molecule has 1 fully saturated rings. The third kappa shape index (κ3) is 4.68. The van der Waals surface area contributed by atoms with Gasteiger partial charge in [-0.25, -0.2) is 0 Å². The molecule has 1 saturated carbocycles. The molecular weight excluding hydrogens is 407 g/mol. The van der Waals surface area contributed by atoms with Crippen LogP contribution in [0, 0.1) is 0 Å². The molecule has 164 valence electrons. The van der Waals surface area contributed by atoms with Gasteiger partial charge >= 0.3 is 12.1 Å². The fourth-order valence-electron chi connectivity index (χ4n) is 4.16. The highest BCUT2D eigenvalue weighted by molar-refractivity contribution is 5.82. The Hall–Kier alpha value is -3.03. The van der Waals surface area contributed by atoms with E-state index in [0.29, 0.717) is 17.4 Å². The highest BCUT2D eigenvalue weighted by Gasteiger charge is 2.40. The predicted molar refractivity (Wildman–Crippen MR) is 111 cm³/mol. The third-order valence-electron chi connectivity index (χ3n) is 5.70. The van der Waals surface area contributed by atoms with Crippen LogP contribution in [-0.4, -0.2) is 27.9 Å². The Morgan fingerprint density at radius 3 is 2.55 bits per heavy atom. The molecule has 31 heavy (non-hydrogen) atoms. The molecule has 0 bridgehead atoms. The SMILES string of the molecule is C[C@H](NC(=O)C(F)(F)F)[C@@H](Oc1ccc2c(cnn2C2CCCC2)c1)c1ccccc1. The fraction of sp³-hybridized carbons (Fsp3) is 0.391. The summed E-state index contributed by atoms with van der Waals surface area (Å²) in [6.07, 6.45) is 0.662. The number of hydrogen-bond acceptors (Lipinski definition) is 3. The summed E-state index contributed by atoms with van der Waals surface area (Å²) in [5, 5.41) is 7.45. The van der Waals surface area contributed by atoms with E-state index in [2.05, 4.69) is 5.10 Å². The minimum Gasteiger partial charge on any atom is -0.484 e. The average Bonchev–Trinajstić information content (AvgIpc) is 3.41. The van der Waals surface area contributed by atoms with E-state index in [4.69, 9.17) is 4.74 Å². The minimum absolute atomic E-state index is 0.402. The number of nitrogens with zero attached hydrogens (tertiary/aromatic N) is 2. The van der Waals surface area contributed by atoms with Crippen LogP contribution in [0.4, 0.5) is 13.2 Å². The second-order valence-electron chi connectivity index (χ2n) is 7.96. The summed E-state index contributed by atoms with van der Waals surface area (Å²) in [5.74, 6) is -1.49. The van der Waals surface area contributed by atoms with Crippen molar-refractivity contribution in [3.63, 3.8) is 0 Å². The second-order valence-corrected chi connectivity index (χ2v) is 7.96. The highest BCUT2D eigenvalue weighted by Crippen LogP contribution is 2.33. The molecule has 1 aliphatic carbocycles. The molecule has 3 aromatic rings. The Morgan fingerprint density at radius 1 is 1.16 bits per heavy atom. The standard InChI is InChI=1S/C23H24F3N3O2/c1-15(28-22(30)23(24,25)26)21(16-7-3-2-4-8-16)31-19-11-12-20-17(13-19)14-27-29(20)18-9-5-6-10-18/h2-4,7-8,11-15,18,21H,5-6,9-10H2,1H3,(H,28,30)/t15-,21+/m0/s1. The Kier molecular flexibility index (Phi) is 5.89. The van der Waals surface area contributed by atoms with Gasteiger partial charge in [0.1, 0.15) is 11.9 Å². The van der Waals surface area contributed by atoms with E-state index in [1.807, 2.05) is 28.2 Å². The fourth-order valence-corrected chi connectivity index (χ4v) is 4.16. The van der Waals surface area contributed by atoms with Crippen LogP contribution < -0.4 is 10.1 Å². The zero-order chi connectivity index (χ0) is 22.0. The number of fused-ring (bicyclic) bond motifs is 1. The first-order valence-electron chi connectivity index (χ1n) is 10.4. The van der Waals surface area contributed by atoms with E-state index < -0.39 is 24.2 Å². The van der Waals surface area contributed by atoms with Crippen molar-refractivity contribution in [2.75, 3.05) is 0 Å². The summed E-state index contributed by atoms with van der Waals surface area (Å²) < 4.78 is 46.4. The number of aromatic nitrogens is 2. The molecule has 0 aliphatic heterocycles. The summed E-state index contributed by atoms with van der Waals surface area (Å²) >= 11 is 0. The van der Waals surface area contributed by atoms with Gasteiger partial charge < -0.3 is 10.1 Å². The summed E-state index contributed by atoms with van der Waals surface area (Å²) in [7, 11) is 0. The van der Waals surface area contributed by atoms with Crippen molar-refractivity contribution < 1.29 is 22.7 Å². The van der Waals surface area contributed by atoms with Crippen molar-refractivity contribution in [3.8, 4) is 5.75 Å². The molecule has 0 unspecified atom stereocenters. The highest BCUT2D eigenvalue weighted by atomic mass is 19.4. The van der Waals surface area contributed by atoms with Crippen LogP contribution in [0.15, 0.2) is 54.7 Å². The maximum Gasteiger partial charge on any atom is 0.471 e. The van der Waals surface area contributed by atoms with Crippen molar-refractivity contribution in [1.29, 1.82) is 0 Å². The van der Waals surface area contributed by atoms with Crippen LogP contribution in [0.1, 0.15) is 50.3 Å². The molecule has 1 heterocycles. The van der Waals surface area contributed by atoms with Gasteiger partial charge in [0.2, 0.25) is 0 Å². The first kappa shape index (κ1) is 21.2. The number of alkyl halides is 3. The maximum absolute atomic E-state index is 12.7. The first-order chi connectivity index (χ1) is 14.8. The van der Waals surface area contributed by atoms with Gasteiger partial charge in [0.15, 0.2) is 0 Å². The molecule has 4 rings (SSSR count). The summed E-state index contributed by atoms with van der Waals surface area (Å²) in [4.78, 5) is 11.5. The normalized spacial score (nSPS) is 16.9. The minimum atomic E-state index is -4.96. The van der Waals surface area contributed by atoms with Gasteiger partial charge in [-0.05, 0) is 43.5 Å². The molecule has 8 heteroatoms. The second kappa shape index (κ2) is 8.61. The Balaban J connectivity index is 1.59. The Labute approximate surface area is 178 Å². The lowest BCUT2D eigenvalue weighted by Crippen LogP contribution is -2.45. The lowest BCUT2D eigenvalue weighted by atomic mass is 10.0. The van der Waals surface area contributed by atoms with Gasteiger partial charge in [0.05, 0.1) is 23.8 Å². The van der Waals surface area contributed by atoms with E-state index in [0.717, 1.165) is 23.7 Å². The average molecular weight is 431 g/mol. The van der Waals surface area contributed by atoms with Crippen molar-refractivity contribution in [3.05, 3.63) is 60.3 Å². The van der Waals surface area contributed by atoms with Crippen LogP contribution in [0.2, 0.25) is 0 Å². The molecular formula is C23H24F3N3O2. The molecule has 1 aliphatic rings. The molecule has 0 saturated heterocycles. The quantitative estimate of drug-likeness (QED) is 0.573. The first-order valence-corrected chi connectivity index (χ1v) is 10.4. The van der Waals surface area contributed by atoms with E-state index in [1.165, 1.54) is 19.8 Å². The Bertz CT molecular complexity index is 1040. The smallest absolute Gasteiger partial charge is 0.471 e. The summed E-state index contributed by atoms with van der Waals surface area (Å²) in [5.41, 5.74) is 1.67. The van der Waals surface area contributed by atoms with Crippen molar-refractivity contribution >= 4 is 16.8 Å². The Morgan fingerprint density at radius 2 is 1.87 bits per heavy atom. The van der Waals surface area contributed by atoms with Crippen molar-refractivity contribution in [2.45, 2.75) is 57.0 Å². The van der Waals surface area contributed by atoms with E-state index in [1.54, 1.807) is 36.5 Å². The zero-order valence-corrected chi connectivity index (χ0v) is 17.1. The largest absolute Gasteiger partial charge is 0.484 e. The van der Waals surface area contributed by atoms with Crippen LogP contribution in [0.25, 0.3) is 10.9 Å². The van der Waals surface area contributed by atoms with Crippen LogP contribution in [-0.2, 0) is 4.79 Å². The van der Waals surface area contributed by atoms with Crippen LogP contribution >= 0.6 is 0 Å². The van der Waals surface area contributed by atoms with Gasteiger partial charge in [0, 0.05) is 5.39 Å². The molecule has 2 aromatic carbocycles. The van der Waals surface area contributed by atoms with Crippen molar-refractivity contribution in [1.82, 2.24) is 15.1 Å². The van der Waals surface area contributed by atoms with Crippen LogP contribution in [0.5, 0.6) is 5.75 Å². The lowest BCUT2D eigenvalue weighted by Gasteiger charge is -2.27. The molecule has 0 spiro atoms. The summed E-state index contributed by atoms with van der Waals surface area (Å²) in [6, 6.07) is 13.9. The van der Waals surface area contributed by atoms with Gasteiger partial charge in [0.25, 0.3) is 0 Å². The molecule has 2 atom stereocenters. The number of ether oxygens (including phenoxy) is 1. The number of rotatable bonds is 6. The van der Waals surface area contributed by atoms with Gasteiger partial charge in [-0.15, -0.1) is 0 Å². The molecule has 1 amide bonds. The van der Waals surface area contributed by atoms with E-state index >= 15 is 0 Å². The molecule has 1 aromatic heterocycles. The maximum atomic E-state index is 12.7. The topological polar surface area (TPSA) is 56.1 Å². The molecule has 0 radical (unpaired) electrons. The van der Waals surface area contributed by atoms with Gasteiger partial charge in [-0.2, -0.15) is 18.3 Å².